The summed E-state index contributed by atoms with van der Waals surface area (Å²) in [4.78, 5) is 21.4. The zero-order valence-corrected chi connectivity index (χ0v) is 15.8. The molecule has 1 fully saturated rings. The Morgan fingerprint density at radius 3 is 2.69 bits per heavy atom. The average Bonchev–Trinajstić information content (AvgIpc) is 2.67. The average molecular weight is 353 g/mol. The van der Waals surface area contributed by atoms with Gasteiger partial charge in [-0.1, -0.05) is 24.3 Å². The molecule has 1 saturated heterocycles. The lowest BCUT2D eigenvalue weighted by molar-refractivity contribution is 0.0611. The molecule has 26 heavy (non-hydrogen) atoms. The molecule has 0 spiro atoms. The molecule has 3 rings (SSSR count). The quantitative estimate of drug-likeness (QED) is 0.825. The first-order valence-electron chi connectivity index (χ1n) is 9.13. The van der Waals surface area contributed by atoms with Crippen LogP contribution in [0.1, 0.15) is 46.8 Å². The number of benzene rings is 1. The molecule has 5 nitrogen and oxygen atoms in total. The number of pyridine rings is 1. The molecule has 0 N–H and O–H groups in total. The molecule has 0 saturated carbocycles. The van der Waals surface area contributed by atoms with Crippen molar-refractivity contribution in [3.05, 3.63) is 59.3 Å². The van der Waals surface area contributed by atoms with E-state index in [1.165, 1.54) is 11.1 Å². The van der Waals surface area contributed by atoms with E-state index in [4.69, 9.17) is 4.74 Å². The van der Waals surface area contributed by atoms with Crippen molar-refractivity contribution in [3.63, 3.8) is 0 Å². The molecule has 2 aromatic rings. The maximum Gasteiger partial charge on any atom is 0.254 e. The van der Waals surface area contributed by atoms with Gasteiger partial charge in [0.05, 0.1) is 13.2 Å². The molecule has 1 aromatic heterocycles. The zero-order chi connectivity index (χ0) is 18.5. The van der Waals surface area contributed by atoms with E-state index in [1.807, 2.05) is 4.90 Å². The van der Waals surface area contributed by atoms with Gasteiger partial charge < -0.3 is 14.5 Å². The largest absolute Gasteiger partial charge is 0.481 e. The number of rotatable bonds is 5. The minimum absolute atomic E-state index is 0.0489. The molecule has 1 aliphatic heterocycles. The van der Waals surface area contributed by atoms with Crippen molar-refractivity contribution in [3.8, 4) is 5.88 Å². The van der Waals surface area contributed by atoms with Crippen LogP contribution in [0.3, 0.4) is 0 Å². The van der Waals surface area contributed by atoms with E-state index in [9.17, 15) is 4.79 Å². The number of nitrogens with zero attached hydrogens (tertiary/aromatic N) is 3. The Labute approximate surface area is 155 Å². The van der Waals surface area contributed by atoms with E-state index >= 15 is 0 Å². The lowest BCUT2D eigenvalue weighted by atomic mass is 9.94. The number of carbonyl (C=O) groups is 1. The van der Waals surface area contributed by atoms with E-state index < -0.39 is 0 Å². The van der Waals surface area contributed by atoms with Crippen LogP contribution in [-0.4, -0.2) is 48.4 Å². The van der Waals surface area contributed by atoms with Crippen molar-refractivity contribution >= 4 is 5.91 Å². The van der Waals surface area contributed by atoms with Gasteiger partial charge in [-0.25, -0.2) is 4.98 Å². The van der Waals surface area contributed by atoms with Crippen LogP contribution >= 0.6 is 0 Å². The Morgan fingerprint density at radius 1 is 1.23 bits per heavy atom. The fourth-order valence-electron chi connectivity index (χ4n) is 3.55. The van der Waals surface area contributed by atoms with Crippen molar-refractivity contribution in [2.75, 3.05) is 27.7 Å². The number of piperidine rings is 1. The number of likely N-dealkylation sites (tertiary alicyclic amines) is 1. The van der Waals surface area contributed by atoms with Crippen molar-refractivity contribution in [1.82, 2.24) is 14.8 Å². The minimum atomic E-state index is 0.0489. The van der Waals surface area contributed by atoms with Gasteiger partial charge >= 0.3 is 0 Å². The van der Waals surface area contributed by atoms with Gasteiger partial charge in [-0.05, 0) is 50.6 Å². The highest BCUT2D eigenvalue weighted by Crippen LogP contribution is 2.32. The first-order chi connectivity index (χ1) is 12.6. The maximum absolute atomic E-state index is 13.1. The Balaban J connectivity index is 1.82. The van der Waals surface area contributed by atoms with Crippen LogP contribution < -0.4 is 4.74 Å². The number of methoxy groups -OCH3 is 1. The summed E-state index contributed by atoms with van der Waals surface area (Å²) in [6, 6.07) is 12.3. The summed E-state index contributed by atoms with van der Waals surface area (Å²) in [6.07, 6.45) is 4.82. The third-order valence-electron chi connectivity index (χ3n) is 4.82. The third-order valence-corrected chi connectivity index (χ3v) is 4.82. The highest BCUT2D eigenvalue weighted by Gasteiger charge is 2.28. The molecular formula is C21H27N3O2. The van der Waals surface area contributed by atoms with Crippen molar-refractivity contribution in [1.29, 1.82) is 0 Å². The van der Waals surface area contributed by atoms with E-state index in [0.717, 1.165) is 32.4 Å². The van der Waals surface area contributed by atoms with E-state index in [2.05, 4.69) is 48.2 Å². The fourth-order valence-corrected chi connectivity index (χ4v) is 3.55. The van der Waals surface area contributed by atoms with Crippen molar-refractivity contribution in [2.45, 2.75) is 31.8 Å². The van der Waals surface area contributed by atoms with Crippen LogP contribution in [-0.2, 0) is 6.54 Å². The Bertz CT molecular complexity index is 743. The molecular weight excluding hydrogens is 326 g/mol. The number of carbonyl (C=O) groups excluding carboxylic acids is 1. The van der Waals surface area contributed by atoms with Gasteiger partial charge in [0.2, 0.25) is 5.88 Å². The van der Waals surface area contributed by atoms with Gasteiger partial charge in [-0.2, -0.15) is 0 Å². The van der Waals surface area contributed by atoms with E-state index in [0.29, 0.717) is 11.4 Å². The number of hydrogen-bond acceptors (Lipinski definition) is 4. The van der Waals surface area contributed by atoms with Crippen molar-refractivity contribution in [2.24, 2.45) is 0 Å². The van der Waals surface area contributed by atoms with Gasteiger partial charge in [-0.3, -0.25) is 4.79 Å². The normalized spacial score (nSPS) is 17.4. The van der Waals surface area contributed by atoms with Crippen LogP contribution in [0.15, 0.2) is 42.6 Å². The third kappa shape index (κ3) is 4.22. The second-order valence-electron chi connectivity index (χ2n) is 7.08. The summed E-state index contributed by atoms with van der Waals surface area (Å²) in [6.45, 7) is 1.71. The lowest BCUT2D eigenvalue weighted by Crippen LogP contribution is -2.38. The summed E-state index contributed by atoms with van der Waals surface area (Å²) in [7, 11) is 5.70. The monoisotopic (exact) mass is 353 g/mol. The molecule has 138 valence electrons. The molecule has 0 bridgehead atoms. The first kappa shape index (κ1) is 18.4. The Hall–Kier alpha value is -2.40. The topological polar surface area (TPSA) is 45.7 Å². The zero-order valence-electron chi connectivity index (χ0n) is 15.8. The van der Waals surface area contributed by atoms with Gasteiger partial charge in [0.15, 0.2) is 0 Å². The SMILES string of the molecule is COc1cc(C(=O)N2CCCC[C@@H]2c2ccc(CN(C)C)cc2)ccn1. The lowest BCUT2D eigenvalue weighted by Gasteiger charge is -2.36. The summed E-state index contributed by atoms with van der Waals surface area (Å²) < 4.78 is 5.16. The summed E-state index contributed by atoms with van der Waals surface area (Å²) in [5, 5.41) is 0. The number of aromatic nitrogens is 1. The van der Waals surface area contributed by atoms with Gasteiger partial charge in [0, 0.05) is 30.9 Å². The van der Waals surface area contributed by atoms with E-state index in [1.54, 1.807) is 25.4 Å². The Morgan fingerprint density at radius 2 is 2.00 bits per heavy atom. The molecule has 1 amide bonds. The van der Waals surface area contributed by atoms with Gasteiger partial charge in [-0.15, -0.1) is 0 Å². The van der Waals surface area contributed by atoms with Gasteiger partial charge in [0.1, 0.15) is 0 Å². The predicted octanol–water partition coefficient (Wildman–Crippen LogP) is 3.52. The second kappa shape index (κ2) is 8.32. The smallest absolute Gasteiger partial charge is 0.254 e. The fraction of sp³-hybridized carbons (Fsp3) is 0.429. The molecule has 1 aliphatic rings. The first-order valence-corrected chi connectivity index (χ1v) is 9.13. The minimum Gasteiger partial charge on any atom is -0.481 e. The molecule has 0 radical (unpaired) electrons. The second-order valence-corrected chi connectivity index (χ2v) is 7.08. The number of amides is 1. The maximum atomic E-state index is 13.1. The molecule has 1 aromatic carbocycles. The van der Waals surface area contributed by atoms with Gasteiger partial charge in [0.25, 0.3) is 5.91 Å². The van der Waals surface area contributed by atoms with Crippen LogP contribution in [0, 0.1) is 0 Å². The number of ether oxygens (including phenoxy) is 1. The highest BCUT2D eigenvalue weighted by molar-refractivity contribution is 5.94. The Kier molecular flexibility index (Phi) is 5.89. The van der Waals surface area contributed by atoms with Crippen molar-refractivity contribution < 1.29 is 9.53 Å². The molecule has 0 unspecified atom stereocenters. The molecule has 5 heteroatoms. The highest BCUT2D eigenvalue weighted by atomic mass is 16.5. The molecule has 2 heterocycles. The number of hydrogen-bond donors (Lipinski definition) is 0. The summed E-state index contributed by atoms with van der Waals surface area (Å²) >= 11 is 0. The van der Waals surface area contributed by atoms with Crippen LogP contribution in [0.4, 0.5) is 0 Å². The molecule has 0 aliphatic carbocycles. The summed E-state index contributed by atoms with van der Waals surface area (Å²) in [5.41, 5.74) is 3.13. The van der Waals surface area contributed by atoms with Crippen LogP contribution in [0.5, 0.6) is 5.88 Å². The summed E-state index contributed by atoms with van der Waals surface area (Å²) in [5.74, 6) is 0.519. The molecule has 1 atom stereocenters. The standard InChI is InChI=1S/C21H27N3O2/c1-23(2)15-16-7-9-17(10-8-16)19-6-4-5-13-24(19)21(25)18-11-12-22-20(14-18)26-3/h7-12,14,19H,4-6,13,15H2,1-3H3/t19-/m1/s1. The van der Waals surface area contributed by atoms with Crippen LogP contribution in [0.2, 0.25) is 0 Å². The van der Waals surface area contributed by atoms with Crippen LogP contribution in [0.25, 0.3) is 0 Å². The van der Waals surface area contributed by atoms with E-state index in [-0.39, 0.29) is 11.9 Å². The predicted molar refractivity (Wildman–Crippen MR) is 102 cm³/mol.